The van der Waals surface area contributed by atoms with Crippen LogP contribution in [0.15, 0.2) is 121 Å². The summed E-state index contributed by atoms with van der Waals surface area (Å²) in [4.78, 5) is 1.31. The molecule has 1 aromatic heterocycles. The summed E-state index contributed by atoms with van der Waals surface area (Å²) < 4.78 is 0. The minimum atomic E-state index is 1.24. The highest BCUT2D eigenvalue weighted by Gasteiger charge is 2.06. The van der Waals surface area contributed by atoms with Gasteiger partial charge in [0, 0.05) is 4.88 Å². The van der Waals surface area contributed by atoms with Crippen molar-refractivity contribution in [3.05, 3.63) is 121 Å². The van der Waals surface area contributed by atoms with Crippen molar-refractivity contribution in [2.75, 3.05) is 0 Å². The lowest BCUT2D eigenvalue weighted by Gasteiger charge is -2.06. The van der Waals surface area contributed by atoms with Gasteiger partial charge in [-0.25, -0.2) is 0 Å². The maximum atomic E-state index is 2.28. The fourth-order valence-electron chi connectivity index (χ4n) is 3.58. The van der Waals surface area contributed by atoms with Crippen molar-refractivity contribution >= 4 is 11.3 Å². The van der Waals surface area contributed by atoms with Gasteiger partial charge in [0.2, 0.25) is 0 Å². The SMILES string of the molecule is c1ccc(-c2ccc(-c3ccc(-c4csc(-c5ccccc5)c4)cc3)cc2)cc1. The normalized spacial score (nSPS) is 10.8. The molecule has 0 nitrogen and oxygen atoms in total. The van der Waals surface area contributed by atoms with E-state index in [1.54, 1.807) is 11.3 Å². The second-order valence-corrected chi connectivity index (χ2v) is 8.00. The molecule has 1 heteroatoms. The molecule has 0 bridgehead atoms. The van der Waals surface area contributed by atoms with Gasteiger partial charge in [0.15, 0.2) is 0 Å². The molecule has 0 aliphatic rings. The first kappa shape index (κ1) is 17.7. The molecule has 4 aromatic carbocycles. The van der Waals surface area contributed by atoms with Crippen molar-refractivity contribution in [2.24, 2.45) is 0 Å². The fourth-order valence-corrected chi connectivity index (χ4v) is 4.51. The molecule has 0 unspecified atom stereocenters. The van der Waals surface area contributed by atoms with Crippen LogP contribution >= 0.6 is 11.3 Å². The summed E-state index contributed by atoms with van der Waals surface area (Å²) in [7, 11) is 0. The third kappa shape index (κ3) is 3.78. The van der Waals surface area contributed by atoms with Gasteiger partial charge in [0.1, 0.15) is 0 Å². The Labute approximate surface area is 175 Å². The summed E-state index contributed by atoms with van der Waals surface area (Å²) in [5, 5.41) is 2.24. The number of rotatable bonds is 4. The third-order valence-corrected chi connectivity index (χ3v) is 6.18. The molecule has 0 radical (unpaired) electrons. The number of benzene rings is 4. The molecule has 0 aliphatic carbocycles. The smallest absolute Gasteiger partial charge is 0.0349 e. The number of hydrogen-bond acceptors (Lipinski definition) is 1. The topological polar surface area (TPSA) is 0 Å². The van der Waals surface area contributed by atoms with Gasteiger partial charge in [-0.15, -0.1) is 11.3 Å². The van der Waals surface area contributed by atoms with Crippen LogP contribution in [0.2, 0.25) is 0 Å². The van der Waals surface area contributed by atoms with Crippen LogP contribution < -0.4 is 0 Å². The van der Waals surface area contributed by atoms with Crippen molar-refractivity contribution in [1.29, 1.82) is 0 Å². The quantitative estimate of drug-likeness (QED) is 0.290. The van der Waals surface area contributed by atoms with E-state index in [2.05, 4.69) is 121 Å². The molecule has 0 atom stereocenters. The van der Waals surface area contributed by atoms with E-state index in [1.807, 2.05) is 0 Å². The first-order valence-corrected chi connectivity index (χ1v) is 10.6. The van der Waals surface area contributed by atoms with Crippen LogP contribution in [-0.2, 0) is 0 Å². The molecule has 0 saturated heterocycles. The van der Waals surface area contributed by atoms with Crippen LogP contribution in [0, 0.1) is 0 Å². The highest BCUT2D eigenvalue weighted by Crippen LogP contribution is 2.33. The zero-order valence-corrected chi connectivity index (χ0v) is 16.8. The van der Waals surface area contributed by atoms with Gasteiger partial charge in [-0.05, 0) is 50.4 Å². The maximum absolute atomic E-state index is 2.28. The molecular formula is C28H20S. The van der Waals surface area contributed by atoms with Gasteiger partial charge in [-0.2, -0.15) is 0 Å². The van der Waals surface area contributed by atoms with Gasteiger partial charge in [-0.3, -0.25) is 0 Å². The van der Waals surface area contributed by atoms with Crippen LogP contribution in [0.4, 0.5) is 0 Å². The average Bonchev–Trinajstić information content (AvgIpc) is 3.31. The Morgan fingerprint density at radius 3 is 1.21 bits per heavy atom. The molecule has 0 saturated carbocycles. The molecule has 0 fully saturated rings. The largest absolute Gasteiger partial charge is 0.143 e. The molecule has 0 spiro atoms. The van der Waals surface area contributed by atoms with Crippen molar-refractivity contribution in [3.63, 3.8) is 0 Å². The standard InChI is InChI=1S/C28H20S/c1-3-7-21(8-4-1)22-11-13-23(14-12-22)24-15-17-25(18-16-24)27-19-28(29-20-27)26-9-5-2-6-10-26/h1-20H. The Hall–Kier alpha value is -3.42. The summed E-state index contributed by atoms with van der Waals surface area (Å²) in [5.74, 6) is 0. The highest BCUT2D eigenvalue weighted by molar-refractivity contribution is 7.14. The monoisotopic (exact) mass is 388 g/mol. The summed E-state index contributed by atoms with van der Waals surface area (Å²) in [6, 6.07) is 41.0. The van der Waals surface area contributed by atoms with Gasteiger partial charge >= 0.3 is 0 Å². The average molecular weight is 389 g/mol. The van der Waals surface area contributed by atoms with E-state index < -0.39 is 0 Å². The summed E-state index contributed by atoms with van der Waals surface area (Å²) >= 11 is 1.80. The van der Waals surface area contributed by atoms with E-state index in [0.717, 1.165) is 0 Å². The van der Waals surface area contributed by atoms with E-state index in [0.29, 0.717) is 0 Å². The molecule has 0 aliphatic heterocycles. The third-order valence-electron chi connectivity index (χ3n) is 5.20. The predicted molar refractivity (Wildman–Crippen MR) is 126 cm³/mol. The first-order chi connectivity index (χ1) is 14.4. The fraction of sp³-hybridized carbons (Fsp3) is 0. The molecular weight excluding hydrogens is 368 g/mol. The highest BCUT2D eigenvalue weighted by atomic mass is 32.1. The van der Waals surface area contributed by atoms with E-state index in [1.165, 1.54) is 43.8 Å². The molecule has 0 amide bonds. The maximum Gasteiger partial charge on any atom is 0.0349 e. The Bertz CT molecular complexity index is 1200. The van der Waals surface area contributed by atoms with Gasteiger partial charge in [0.05, 0.1) is 0 Å². The second-order valence-electron chi connectivity index (χ2n) is 7.09. The van der Waals surface area contributed by atoms with Crippen LogP contribution in [0.1, 0.15) is 0 Å². The summed E-state index contributed by atoms with van der Waals surface area (Å²) in [6.07, 6.45) is 0. The van der Waals surface area contributed by atoms with Crippen molar-refractivity contribution in [2.45, 2.75) is 0 Å². The lowest BCUT2D eigenvalue weighted by molar-refractivity contribution is 1.58. The van der Waals surface area contributed by atoms with E-state index >= 15 is 0 Å². The Kier molecular flexibility index (Phi) is 4.81. The van der Waals surface area contributed by atoms with Crippen LogP contribution in [0.5, 0.6) is 0 Å². The second kappa shape index (κ2) is 7.90. The van der Waals surface area contributed by atoms with Crippen molar-refractivity contribution in [3.8, 4) is 43.8 Å². The molecule has 29 heavy (non-hydrogen) atoms. The Morgan fingerprint density at radius 2 is 0.724 bits per heavy atom. The van der Waals surface area contributed by atoms with Crippen LogP contribution in [-0.4, -0.2) is 0 Å². The van der Waals surface area contributed by atoms with Gasteiger partial charge in [-0.1, -0.05) is 109 Å². The number of thiophene rings is 1. The molecule has 138 valence electrons. The lowest BCUT2D eigenvalue weighted by Crippen LogP contribution is -1.81. The van der Waals surface area contributed by atoms with Crippen LogP contribution in [0.25, 0.3) is 43.8 Å². The van der Waals surface area contributed by atoms with E-state index in [4.69, 9.17) is 0 Å². The van der Waals surface area contributed by atoms with Crippen LogP contribution in [0.3, 0.4) is 0 Å². The van der Waals surface area contributed by atoms with E-state index in [9.17, 15) is 0 Å². The van der Waals surface area contributed by atoms with Gasteiger partial charge < -0.3 is 0 Å². The summed E-state index contributed by atoms with van der Waals surface area (Å²) in [6.45, 7) is 0. The van der Waals surface area contributed by atoms with Crippen molar-refractivity contribution < 1.29 is 0 Å². The lowest BCUT2D eigenvalue weighted by atomic mass is 9.98. The first-order valence-electron chi connectivity index (χ1n) is 9.77. The molecule has 0 N–H and O–H groups in total. The molecule has 1 heterocycles. The minimum absolute atomic E-state index is 1.24. The molecule has 5 rings (SSSR count). The summed E-state index contributed by atoms with van der Waals surface area (Å²) in [5.41, 5.74) is 8.80. The molecule has 5 aromatic rings. The number of hydrogen-bond donors (Lipinski definition) is 0. The van der Waals surface area contributed by atoms with Crippen molar-refractivity contribution in [1.82, 2.24) is 0 Å². The zero-order valence-electron chi connectivity index (χ0n) is 16.0. The van der Waals surface area contributed by atoms with Gasteiger partial charge in [0.25, 0.3) is 0 Å². The Morgan fingerprint density at radius 1 is 0.345 bits per heavy atom. The van der Waals surface area contributed by atoms with E-state index in [-0.39, 0.29) is 0 Å². The zero-order chi connectivity index (χ0) is 19.5. The Balaban J connectivity index is 1.37. The predicted octanol–water partition coefficient (Wildman–Crippen LogP) is 8.42. The minimum Gasteiger partial charge on any atom is -0.143 e.